The predicted octanol–water partition coefficient (Wildman–Crippen LogP) is 10.8. The molecule has 0 saturated carbocycles. The first kappa shape index (κ1) is 29.3. The monoisotopic (exact) mass is 805 g/mol. The summed E-state index contributed by atoms with van der Waals surface area (Å²) in [6.07, 6.45) is 0. The molecule has 49 heavy (non-hydrogen) atoms. The third-order valence-corrected chi connectivity index (χ3v) is 9.32. The van der Waals surface area contributed by atoms with Gasteiger partial charge < -0.3 is 8.97 Å². The number of hydrogen-bond donors (Lipinski definition) is 0. The van der Waals surface area contributed by atoms with Crippen molar-refractivity contribution in [3.8, 4) is 28.2 Å². The number of aromatic nitrogens is 4. The first-order valence-electron chi connectivity index (χ1n) is 16.1. The molecule has 10 aromatic rings. The van der Waals surface area contributed by atoms with E-state index in [-0.39, 0.29) is 21.1 Å². The van der Waals surface area contributed by atoms with Gasteiger partial charge in [-0.1, -0.05) is 78.9 Å². The van der Waals surface area contributed by atoms with Gasteiger partial charge in [-0.05, 0) is 52.6 Å². The van der Waals surface area contributed by atoms with Gasteiger partial charge in [0.15, 0.2) is 0 Å². The molecule has 5 heteroatoms. The van der Waals surface area contributed by atoms with Crippen molar-refractivity contribution in [1.82, 2.24) is 18.9 Å². The average Bonchev–Trinajstić information content (AvgIpc) is 3.75. The second-order valence-electron chi connectivity index (χ2n) is 12.1. The second-order valence-corrected chi connectivity index (χ2v) is 12.1. The molecule has 0 aliphatic heterocycles. The van der Waals surface area contributed by atoms with Crippen molar-refractivity contribution in [1.29, 1.82) is 0 Å². The molecule has 0 radical (unpaired) electrons. The molecule has 232 valence electrons. The Morgan fingerprint density at radius 3 is 1.98 bits per heavy atom. The Bertz CT molecular complexity index is 2890. The summed E-state index contributed by atoms with van der Waals surface area (Å²) in [5.41, 5.74) is 9.87. The predicted molar refractivity (Wildman–Crippen MR) is 197 cm³/mol. The molecule has 0 aliphatic rings. The van der Waals surface area contributed by atoms with Gasteiger partial charge in [-0.25, -0.2) is 0 Å². The summed E-state index contributed by atoms with van der Waals surface area (Å²) in [6, 6.07) is 62.0. The van der Waals surface area contributed by atoms with Gasteiger partial charge in [0.2, 0.25) is 0 Å². The molecule has 0 saturated heterocycles. The van der Waals surface area contributed by atoms with Gasteiger partial charge in [-0.15, -0.1) is 70.9 Å². The van der Waals surface area contributed by atoms with Crippen molar-refractivity contribution in [2.45, 2.75) is 0 Å². The molecule has 0 unspecified atom stereocenters. The van der Waals surface area contributed by atoms with Gasteiger partial charge in [-0.3, -0.25) is 9.97 Å². The molecule has 0 N–H and O–H groups in total. The summed E-state index contributed by atoms with van der Waals surface area (Å²) in [7, 11) is 0. The Balaban J connectivity index is 0.00000325. The summed E-state index contributed by atoms with van der Waals surface area (Å²) in [5, 5.41) is 5.67. The van der Waals surface area contributed by atoms with Crippen molar-refractivity contribution in [2.75, 3.05) is 0 Å². The quantitative estimate of drug-likeness (QED) is 0.167. The summed E-state index contributed by atoms with van der Waals surface area (Å²) >= 11 is 0. The van der Waals surface area contributed by atoms with Gasteiger partial charge in [0.05, 0.1) is 33.5 Å². The van der Waals surface area contributed by atoms with Crippen LogP contribution in [0, 0.1) is 12.1 Å². The second kappa shape index (κ2) is 11.7. The van der Waals surface area contributed by atoms with Gasteiger partial charge >= 0.3 is 21.1 Å². The molecule has 0 spiro atoms. The zero-order valence-corrected chi connectivity index (χ0v) is 28.4. The van der Waals surface area contributed by atoms with E-state index in [9.17, 15) is 0 Å². The Labute approximate surface area is 296 Å². The first-order valence-corrected chi connectivity index (χ1v) is 16.1. The molecule has 7 aromatic carbocycles. The van der Waals surface area contributed by atoms with Crippen LogP contribution in [0.3, 0.4) is 0 Å². The zero-order valence-electron chi connectivity index (χ0n) is 26.1. The summed E-state index contributed by atoms with van der Waals surface area (Å²) in [4.78, 5) is 10.8. The minimum Gasteiger partial charge on any atom is -0.333 e. The van der Waals surface area contributed by atoms with Gasteiger partial charge in [0.25, 0.3) is 0 Å². The smallest absolute Gasteiger partial charge is 0.333 e. The van der Waals surface area contributed by atoms with E-state index in [1.165, 1.54) is 16.2 Å². The van der Waals surface area contributed by atoms with E-state index in [0.29, 0.717) is 0 Å². The normalized spacial score (nSPS) is 11.5. The molecule has 10 rings (SSSR count). The van der Waals surface area contributed by atoms with Crippen molar-refractivity contribution in [3.63, 3.8) is 0 Å². The number of imidazole rings is 2. The number of para-hydroxylation sites is 3. The molecule has 0 amide bonds. The molecular weight excluding hydrogens is 780 g/mol. The maximum absolute atomic E-state index is 5.43. The molecule has 0 atom stereocenters. The summed E-state index contributed by atoms with van der Waals surface area (Å²) in [5.74, 6) is 0.851. The molecule has 3 heterocycles. The van der Waals surface area contributed by atoms with Crippen molar-refractivity contribution < 1.29 is 21.1 Å². The van der Waals surface area contributed by atoms with E-state index in [2.05, 4.69) is 148 Å². The van der Waals surface area contributed by atoms with E-state index in [1.54, 1.807) is 0 Å². The zero-order chi connectivity index (χ0) is 31.6. The van der Waals surface area contributed by atoms with Gasteiger partial charge in [-0.2, -0.15) is 0 Å². The molecular formula is C44H26N4Pt. The van der Waals surface area contributed by atoms with Crippen molar-refractivity contribution in [2.24, 2.45) is 0 Å². The first-order chi connectivity index (χ1) is 23.8. The van der Waals surface area contributed by atoms with Crippen LogP contribution in [0.2, 0.25) is 0 Å². The van der Waals surface area contributed by atoms with Crippen LogP contribution < -0.4 is 0 Å². The fourth-order valence-electron chi connectivity index (χ4n) is 7.19. The van der Waals surface area contributed by atoms with Crippen LogP contribution >= 0.6 is 0 Å². The van der Waals surface area contributed by atoms with E-state index in [1.807, 2.05) is 30.3 Å². The van der Waals surface area contributed by atoms with Crippen LogP contribution in [0.25, 0.3) is 88.4 Å². The number of nitrogens with zero attached hydrogens (tertiary/aromatic N) is 4. The van der Waals surface area contributed by atoms with Crippen LogP contribution in [0.15, 0.2) is 158 Å². The number of hydrogen-bond acceptors (Lipinski definition) is 2. The van der Waals surface area contributed by atoms with Crippen LogP contribution in [0.4, 0.5) is 0 Å². The molecule has 4 bridgehead atoms. The van der Waals surface area contributed by atoms with Crippen LogP contribution in [-0.2, 0) is 21.1 Å². The van der Waals surface area contributed by atoms with Crippen LogP contribution in [0.5, 0.6) is 0 Å². The standard InChI is InChI=1S/C44H26N4.Pt/c1-3-13-29(14-4-1)43-45-41-37(23-11-25-39(41)47(43)33-18-5-2-6-19-33)38-24-12-26-40-42(38)46-44-32-17-9-15-30(27-32)35-21-7-8-22-36(35)31-16-10-20-34(28-31)48(40)44;/h1-13,15-16,18-28H;/q-2;+2. The van der Waals surface area contributed by atoms with E-state index >= 15 is 0 Å². The van der Waals surface area contributed by atoms with E-state index in [4.69, 9.17) is 9.97 Å². The van der Waals surface area contributed by atoms with Crippen molar-refractivity contribution >= 4 is 60.2 Å². The van der Waals surface area contributed by atoms with Crippen LogP contribution in [0.1, 0.15) is 0 Å². The number of rotatable bonds is 3. The summed E-state index contributed by atoms with van der Waals surface area (Å²) < 4.78 is 4.51. The third-order valence-electron chi connectivity index (χ3n) is 9.32. The molecule has 0 aliphatic carbocycles. The maximum Gasteiger partial charge on any atom is 2.00 e. The maximum atomic E-state index is 5.43. The Hall–Kier alpha value is -5.83. The van der Waals surface area contributed by atoms with Gasteiger partial charge in [0, 0.05) is 22.3 Å². The minimum atomic E-state index is 0. The van der Waals surface area contributed by atoms with E-state index in [0.717, 1.165) is 72.2 Å². The number of fused-ring (bicyclic) bond motifs is 13. The topological polar surface area (TPSA) is 35.1 Å². The fraction of sp³-hybridized carbons (Fsp3) is 0. The molecule has 0 fully saturated rings. The van der Waals surface area contributed by atoms with Crippen molar-refractivity contribution in [3.05, 3.63) is 170 Å². The van der Waals surface area contributed by atoms with Gasteiger partial charge in [0.1, 0.15) is 0 Å². The average molecular weight is 806 g/mol. The van der Waals surface area contributed by atoms with Crippen LogP contribution in [-0.4, -0.2) is 18.9 Å². The summed E-state index contributed by atoms with van der Waals surface area (Å²) in [6.45, 7) is 0. The minimum absolute atomic E-state index is 0. The SMILES string of the molecule is [Pt+2].[c-]1ccccc1-c1nc2c(-c3cccc4c3nc3c5[c-]ccc(c5)c5ccccc5c5cccc(c5)n43)cccc2n1-c1ccccc1. The Morgan fingerprint density at radius 2 is 1.20 bits per heavy atom. The number of benzene rings is 7. The Kier molecular flexibility index (Phi) is 7.00. The van der Waals surface area contributed by atoms with E-state index < -0.39 is 0 Å². The third kappa shape index (κ3) is 4.63. The molecule has 3 aromatic heterocycles. The fourth-order valence-corrected chi connectivity index (χ4v) is 7.19. The molecule has 4 nitrogen and oxygen atoms in total. The largest absolute Gasteiger partial charge is 2.00 e. The Morgan fingerprint density at radius 1 is 0.510 bits per heavy atom.